The lowest BCUT2D eigenvalue weighted by molar-refractivity contribution is -0.115. The molecule has 0 spiro atoms. The Hall–Kier alpha value is -2.95. The molecule has 1 amide bonds. The molecule has 104 valence electrons. The number of nitrogens with zero attached hydrogens (tertiary/aromatic N) is 1. The van der Waals surface area contributed by atoms with Crippen molar-refractivity contribution in [3.63, 3.8) is 0 Å². The van der Waals surface area contributed by atoms with E-state index in [0.29, 0.717) is 11.3 Å². The largest absolute Gasteiger partial charge is 0.324 e. The first-order valence-corrected chi connectivity index (χ1v) is 6.54. The summed E-state index contributed by atoms with van der Waals surface area (Å²) in [6.45, 7) is 0. The topological polar surface area (TPSA) is 74.8 Å². The second-order valence-corrected chi connectivity index (χ2v) is 4.65. The fourth-order valence-electron chi connectivity index (χ4n) is 2.14. The Balaban J connectivity index is 1.72. The van der Waals surface area contributed by atoms with Crippen molar-refractivity contribution in [2.45, 2.75) is 6.42 Å². The van der Waals surface area contributed by atoms with E-state index in [9.17, 15) is 9.59 Å². The highest BCUT2D eigenvalue weighted by Gasteiger charge is 2.13. The first-order valence-electron chi connectivity index (χ1n) is 6.54. The van der Waals surface area contributed by atoms with Gasteiger partial charge in [-0.05, 0) is 6.07 Å². The monoisotopic (exact) mass is 279 g/mol. The van der Waals surface area contributed by atoms with Gasteiger partial charge in [0.2, 0.25) is 5.91 Å². The third kappa shape index (κ3) is 2.81. The number of benzene rings is 2. The van der Waals surface area contributed by atoms with Crippen LogP contribution in [-0.2, 0) is 4.79 Å². The maximum absolute atomic E-state index is 12.0. The van der Waals surface area contributed by atoms with Gasteiger partial charge in [-0.1, -0.05) is 42.5 Å². The number of anilines is 1. The first kappa shape index (κ1) is 13.1. The van der Waals surface area contributed by atoms with Gasteiger partial charge >= 0.3 is 0 Å². The maximum atomic E-state index is 12.0. The van der Waals surface area contributed by atoms with Gasteiger partial charge in [0.1, 0.15) is 0 Å². The van der Waals surface area contributed by atoms with E-state index in [0.717, 1.165) is 10.9 Å². The summed E-state index contributed by atoms with van der Waals surface area (Å²) in [5.74, 6) is -0.546. The Labute approximate surface area is 121 Å². The van der Waals surface area contributed by atoms with Crippen molar-refractivity contribution in [2.75, 3.05) is 5.32 Å². The molecule has 0 unspecified atom stereocenters. The van der Waals surface area contributed by atoms with Crippen LogP contribution in [0.5, 0.6) is 0 Å². The average Bonchev–Trinajstić information content (AvgIpc) is 2.97. The molecule has 1 aromatic heterocycles. The smallest absolute Gasteiger partial charge is 0.232 e. The van der Waals surface area contributed by atoms with Crippen LogP contribution < -0.4 is 5.32 Å². The summed E-state index contributed by atoms with van der Waals surface area (Å²) < 4.78 is 0. The lowest BCUT2D eigenvalue weighted by Crippen LogP contribution is -2.16. The summed E-state index contributed by atoms with van der Waals surface area (Å²) in [6, 6.07) is 14.3. The third-order valence-electron chi connectivity index (χ3n) is 3.17. The number of nitrogens with one attached hydrogen (secondary N) is 2. The van der Waals surface area contributed by atoms with Gasteiger partial charge in [0.05, 0.1) is 23.8 Å². The quantitative estimate of drug-likeness (QED) is 0.569. The second kappa shape index (κ2) is 5.58. The number of fused-ring (bicyclic) bond motifs is 1. The van der Waals surface area contributed by atoms with Crippen LogP contribution in [0, 0.1) is 0 Å². The van der Waals surface area contributed by atoms with Crippen LogP contribution in [0.2, 0.25) is 0 Å². The lowest BCUT2D eigenvalue weighted by atomic mass is 10.1. The molecular weight excluding hydrogens is 266 g/mol. The van der Waals surface area contributed by atoms with Crippen molar-refractivity contribution in [1.29, 1.82) is 0 Å². The summed E-state index contributed by atoms with van der Waals surface area (Å²) in [7, 11) is 0. The number of ketones is 1. The Morgan fingerprint density at radius 1 is 1.05 bits per heavy atom. The number of amides is 1. The van der Waals surface area contributed by atoms with Crippen LogP contribution in [0.15, 0.2) is 54.7 Å². The van der Waals surface area contributed by atoms with Gasteiger partial charge in [0.25, 0.3) is 0 Å². The number of carbonyl (C=O) groups is 2. The summed E-state index contributed by atoms with van der Waals surface area (Å²) in [5, 5.41) is 10.4. The van der Waals surface area contributed by atoms with E-state index in [-0.39, 0.29) is 18.1 Å². The van der Waals surface area contributed by atoms with Gasteiger partial charge < -0.3 is 5.32 Å². The predicted molar refractivity (Wildman–Crippen MR) is 80.1 cm³/mol. The predicted octanol–water partition coefficient (Wildman–Crippen LogP) is 2.77. The lowest BCUT2D eigenvalue weighted by Gasteiger charge is -2.06. The molecule has 0 atom stereocenters. The normalized spacial score (nSPS) is 10.5. The number of H-pyrrole nitrogens is 1. The number of hydrogen-bond donors (Lipinski definition) is 2. The number of aromatic nitrogens is 2. The third-order valence-corrected chi connectivity index (χ3v) is 3.17. The minimum Gasteiger partial charge on any atom is -0.324 e. The van der Waals surface area contributed by atoms with Crippen LogP contribution >= 0.6 is 0 Å². The SMILES string of the molecule is O=C(CC(=O)c1ccccc1)Nc1cccc2cn[nH]c12. The van der Waals surface area contributed by atoms with Crippen molar-refractivity contribution in [3.8, 4) is 0 Å². The van der Waals surface area contributed by atoms with E-state index < -0.39 is 0 Å². The van der Waals surface area contributed by atoms with Gasteiger partial charge in [-0.15, -0.1) is 0 Å². The molecule has 2 aromatic carbocycles. The van der Waals surface area contributed by atoms with Gasteiger partial charge in [-0.25, -0.2) is 0 Å². The minimum absolute atomic E-state index is 0.186. The van der Waals surface area contributed by atoms with E-state index >= 15 is 0 Å². The molecule has 3 rings (SSSR count). The van der Waals surface area contributed by atoms with Crippen LogP contribution in [-0.4, -0.2) is 21.9 Å². The van der Waals surface area contributed by atoms with Gasteiger partial charge in [-0.3, -0.25) is 14.7 Å². The molecule has 0 aliphatic rings. The molecule has 0 aliphatic carbocycles. The molecular formula is C16H13N3O2. The van der Waals surface area contributed by atoms with E-state index in [1.807, 2.05) is 18.2 Å². The van der Waals surface area contributed by atoms with E-state index in [1.165, 1.54) is 0 Å². The molecule has 0 saturated heterocycles. The van der Waals surface area contributed by atoms with Gasteiger partial charge in [-0.2, -0.15) is 5.10 Å². The number of Topliss-reactive ketones (excluding diaryl/α,β-unsaturated/α-hetero) is 1. The zero-order chi connectivity index (χ0) is 14.7. The second-order valence-electron chi connectivity index (χ2n) is 4.65. The highest BCUT2D eigenvalue weighted by molar-refractivity contribution is 6.12. The van der Waals surface area contributed by atoms with Crippen LogP contribution in [0.4, 0.5) is 5.69 Å². The number of rotatable bonds is 4. The molecule has 3 aromatic rings. The van der Waals surface area contributed by atoms with Crippen LogP contribution in [0.25, 0.3) is 10.9 Å². The molecule has 0 bridgehead atoms. The van der Waals surface area contributed by atoms with Crippen molar-refractivity contribution in [2.24, 2.45) is 0 Å². The molecule has 5 heteroatoms. The Morgan fingerprint density at radius 3 is 2.67 bits per heavy atom. The number of para-hydroxylation sites is 1. The Kier molecular flexibility index (Phi) is 3.47. The molecule has 0 aliphatic heterocycles. The average molecular weight is 279 g/mol. The summed E-state index contributed by atoms with van der Waals surface area (Å²) in [4.78, 5) is 24.0. The zero-order valence-corrected chi connectivity index (χ0v) is 11.2. The molecule has 5 nitrogen and oxygen atoms in total. The van der Waals surface area contributed by atoms with Crippen molar-refractivity contribution in [1.82, 2.24) is 10.2 Å². The molecule has 2 N–H and O–H groups in total. The summed E-state index contributed by atoms with van der Waals surface area (Å²) >= 11 is 0. The summed E-state index contributed by atoms with van der Waals surface area (Å²) in [5.41, 5.74) is 1.90. The first-order chi connectivity index (χ1) is 10.2. The van der Waals surface area contributed by atoms with E-state index in [4.69, 9.17) is 0 Å². The molecule has 0 radical (unpaired) electrons. The van der Waals surface area contributed by atoms with Crippen molar-refractivity contribution in [3.05, 3.63) is 60.3 Å². The molecule has 0 fully saturated rings. The molecule has 21 heavy (non-hydrogen) atoms. The van der Waals surface area contributed by atoms with Gasteiger partial charge in [0, 0.05) is 10.9 Å². The molecule has 0 saturated carbocycles. The number of aromatic amines is 1. The molecule has 1 heterocycles. The zero-order valence-electron chi connectivity index (χ0n) is 11.2. The van der Waals surface area contributed by atoms with E-state index in [2.05, 4.69) is 15.5 Å². The summed E-state index contributed by atoms with van der Waals surface area (Å²) in [6.07, 6.45) is 1.49. The van der Waals surface area contributed by atoms with Crippen LogP contribution in [0.1, 0.15) is 16.8 Å². The fraction of sp³-hybridized carbons (Fsp3) is 0.0625. The highest BCUT2D eigenvalue weighted by Crippen LogP contribution is 2.20. The van der Waals surface area contributed by atoms with Crippen LogP contribution in [0.3, 0.4) is 0 Å². The Morgan fingerprint density at radius 2 is 1.86 bits per heavy atom. The fourth-order valence-corrected chi connectivity index (χ4v) is 2.14. The van der Waals surface area contributed by atoms with Crippen molar-refractivity contribution >= 4 is 28.3 Å². The van der Waals surface area contributed by atoms with Crippen molar-refractivity contribution < 1.29 is 9.59 Å². The van der Waals surface area contributed by atoms with E-state index in [1.54, 1.807) is 36.5 Å². The minimum atomic E-state index is -0.342. The highest BCUT2D eigenvalue weighted by atomic mass is 16.2. The number of carbonyl (C=O) groups excluding carboxylic acids is 2. The van der Waals surface area contributed by atoms with Gasteiger partial charge in [0.15, 0.2) is 5.78 Å². The number of hydrogen-bond acceptors (Lipinski definition) is 3. The maximum Gasteiger partial charge on any atom is 0.232 e. The Bertz CT molecular complexity index is 793. The standard InChI is InChI=1S/C16H13N3O2/c20-14(11-5-2-1-3-6-11)9-15(21)18-13-8-4-7-12-10-17-19-16(12)13/h1-8,10H,9H2,(H,17,19)(H,18,21).